The Bertz CT molecular complexity index is 1220. The smallest absolute Gasteiger partial charge is 0.264 e. The second kappa shape index (κ2) is 9.67. The Hall–Kier alpha value is -2.68. The number of carbonyl (C=O) groups is 1. The molecule has 1 aliphatic heterocycles. The van der Waals surface area contributed by atoms with Crippen LogP contribution in [0, 0.1) is 20.8 Å². The number of benzene rings is 2. The maximum Gasteiger partial charge on any atom is 0.264 e. The summed E-state index contributed by atoms with van der Waals surface area (Å²) in [7, 11) is -3.55. The average molecular weight is 485 g/mol. The molecule has 2 heterocycles. The summed E-state index contributed by atoms with van der Waals surface area (Å²) in [4.78, 5) is 15.6. The van der Waals surface area contributed by atoms with E-state index in [2.05, 4.69) is 6.07 Å². The first kappa shape index (κ1) is 23.5. The standard InChI is InChI=1S/C25H28N2O4S2/c1-18-4-6-23(7-5-18)33(29,30)27-10-8-26(9-11-27)25(28)24-15-21(17-32-24)16-31-22-13-19(2)12-20(3)14-22/h4-7,12-15,17H,8-11,16H2,1-3H3. The van der Waals surface area contributed by atoms with Gasteiger partial charge in [0.25, 0.3) is 5.91 Å². The zero-order valence-corrected chi connectivity index (χ0v) is 20.7. The number of ether oxygens (including phenoxy) is 1. The maximum atomic E-state index is 13.0. The van der Waals surface area contributed by atoms with Gasteiger partial charge in [0.15, 0.2) is 0 Å². The van der Waals surface area contributed by atoms with E-state index in [1.54, 1.807) is 29.2 Å². The first-order chi connectivity index (χ1) is 15.7. The number of carbonyl (C=O) groups excluding carboxylic acids is 1. The highest BCUT2D eigenvalue weighted by Crippen LogP contribution is 2.23. The van der Waals surface area contributed by atoms with E-state index in [1.807, 2.05) is 44.4 Å². The number of piperazine rings is 1. The SMILES string of the molecule is Cc1ccc(S(=O)(=O)N2CCN(C(=O)c3cc(COc4cc(C)cc(C)c4)cs3)CC2)cc1. The van der Waals surface area contributed by atoms with Gasteiger partial charge in [0.2, 0.25) is 10.0 Å². The van der Waals surface area contributed by atoms with Gasteiger partial charge < -0.3 is 9.64 Å². The van der Waals surface area contributed by atoms with Gasteiger partial charge in [-0.3, -0.25) is 4.79 Å². The Morgan fingerprint density at radius 3 is 2.18 bits per heavy atom. The Morgan fingerprint density at radius 1 is 0.909 bits per heavy atom. The second-order valence-electron chi connectivity index (χ2n) is 8.44. The van der Waals surface area contributed by atoms with Gasteiger partial charge in [0.1, 0.15) is 12.4 Å². The zero-order valence-electron chi connectivity index (χ0n) is 19.1. The molecule has 0 N–H and O–H groups in total. The molecular weight excluding hydrogens is 456 g/mol. The number of hydrogen-bond acceptors (Lipinski definition) is 5. The van der Waals surface area contributed by atoms with E-state index >= 15 is 0 Å². The highest BCUT2D eigenvalue weighted by Gasteiger charge is 2.30. The van der Waals surface area contributed by atoms with Crippen LogP contribution in [0.3, 0.4) is 0 Å². The van der Waals surface area contributed by atoms with Gasteiger partial charge in [0.05, 0.1) is 9.77 Å². The molecule has 0 atom stereocenters. The first-order valence-electron chi connectivity index (χ1n) is 10.9. The van der Waals surface area contributed by atoms with Crippen molar-refractivity contribution in [3.8, 4) is 5.75 Å². The highest BCUT2D eigenvalue weighted by atomic mass is 32.2. The van der Waals surface area contributed by atoms with Crippen molar-refractivity contribution in [1.29, 1.82) is 0 Å². The van der Waals surface area contributed by atoms with Crippen molar-refractivity contribution in [3.63, 3.8) is 0 Å². The molecule has 0 radical (unpaired) electrons. The minimum absolute atomic E-state index is 0.0648. The van der Waals surface area contributed by atoms with E-state index in [4.69, 9.17) is 4.74 Å². The Balaban J connectivity index is 1.34. The third kappa shape index (κ3) is 5.46. The molecule has 1 aromatic heterocycles. The van der Waals surface area contributed by atoms with Crippen molar-refractivity contribution in [2.75, 3.05) is 26.2 Å². The zero-order chi connectivity index (χ0) is 23.6. The number of aryl methyl sites for hydroxylation is 3. The topological polar surface area (TPSA) is 66.9 Å². The number of sulfonamides is 1. The minimum Gasteiger partial charge on any atom is -0.489 e. The molecule has 1 amide bonds. The van der Waals surface area contributed by atoms with Gasteiger partial charge in [-0.1, -0.05) is 23.8 Å². The van der Waals surface area contributed by atoms with E-state index < -0.39 is 10.0 Å². The summed E-state index contributed by atoms with van der Waals surface area (Å²) < 4.78 is 33.1. The normalized spacial score (nSPS) is 14.9. The second-order valence-corrected chi connectivity index (χ2v) is 11.3. The van der Waals surface area contributed by atoms with Crippen molar-refractivity contribution in [3.05, 3.63) is 81.0 Å². The molecule has 0 unspecified atom stereocenters. The summed E-state index contributed by atoms with van der Waals surface area (Å²) in [5.74, 6) is 0.752. The van der Waals surface area contributed by atoms with Crippen LogP contribution in [0.25, 0.3) is 0 Å². The lowest BCUT2D eigenvalue weighted by Gasteiger charge is -2.33. The number of amides is 1. The fourth-order valence-electron chi connectivity index (χ4n) is 3.89. The predicted octanol–water partition coefficient (Wildman–Crippen LogP) is 4.40. The van der Waals surface area contributed by atoms with E-state index in [1.165, 1.54) is 15.6 Å². The summed E-state index contributed by atoms with van der Waals surface area (Å²) in [5, 5.41) is 1.94. The molecule has 0 aliphatic carbocycles. The Kier molecular flexibility index (Phi) is 6.88. The van der Waals surface area contributed by atoms with Crippen LogP contribution in [0.1, 0.15) is 31.9 Å². The van der Waals surface area contributed by atoms with Crippen molar-refractivity contribution in [1.82, 2.24) is 9.21 Å². The van der Waals surface area contributed by atoms with Crippen LogP contribution in [-0.2, 0) is 16.6 Å². The first-order valence-corrected chi connectivity index (χ1v) is 13.2. The lowest BCUT2D eigenvalue weighted by molar-refractivity contribution is 0.0702. The van der Waals surface area contributed by atoms with E-state index in [9.17, 15) is 13.2 Å². The lowest BCUT2D eigenvalue weighted by atomic mass is 10.1. The fourth-order valence-corrected chi connectivity index (χ4v) is 6.18. The van der Waals surface area contributed by atoms with Crippen molar-refractivity contribution in [2.24, 2.45) is 0 Å². The summed E-state index contributed by atoms with van der Waals surface area (Å²) in [6.07, 6.45) is 0. The van der Waals surface area contributed by atoms with Crippen molar-refractivity contribution >= 4 is 27.3 Å². The van der Waals surface area contributed by atoms with E-state index in [-0.39, 0.29) is 19.0 Å². The molecule has 8 heteroatoms. The molecule has 1 fully saturated rings. The molecule has 1 saturated heterocycles. The van der Waals surface area contributed by atoms with Gasteiger partial charge in [-0.05, 0) is 67.6 Å². The fraction of sp³-hybridized carbons (Fsp3) is 0.320. The van der Waals surface area contributed by atoms with Gasteiger partial charge in [-0.25, -0.2) is 8.42 Å². The average Bonchev–Trinajstić information content (AvgIpc) is 3.26. The molecule has 2 aromatic carbocycles. The van der Waals surface area contributed by atoms with Crippen LogP contribution in [-0.4, -0.2) is 49.7 Å². The number of thiophene rings is 1. The summed E-state index contributed by atoms with van der Waals surface area (Å²) in [6, 6.07) is 14.8. The number of hydrogen-bond donors (Lipinski definition) is 0. The quantitative estimate of drug-likeness (QED) is 0.520. The van der Waals surface area contributed by atoms with Crippen molar-refractivity contribution in [2.45, 2.75) is 32.3 Å². The predicted molar refractivity (Wildman–Crippen MR) is 130 cm³/mol. The molecular formula is C25H28N2O4S2. The van der Waals surface area contributed by atoms with E-state index in [0.717, 1.165) is 28.0 Å². The van der Waals surface area contributed by atoms with Crippen LogP contribution in [0.5, 0.6) is 5.75 Å². The van der Waals surface area contributed by atoms with Crippen LogP contribution in [0.2, 0.25) is 0 Å². The highest BCUT2D eigenvalue weighted by molar-refractivity contribution is 7.89. The molecule has 33 heavy (non-hydrogen) atoms. The molecule has 3 aromatic rings. The van der Waals surface area contributed by atoms with Crippen LogP contribution in [0.15, 0.2) is 58.8 Å². The molecule has 0 bridgehead atoms. The molecule has 4 rings (SSSR count). The molecule has 0 saturated carbocycles. The largest absolute Gasteiger partial charge is 0.489 e. The van der Waals surface area contributed by atoms with Crippen molar-refractivity contribution < 1.29 is 17.9 Å². The molecule has 1 aliphatic rings. The summed E-state index contributed by atoms with van der Waals surface area (Å²) in [5.41, 5.74) is 4.26. The van der Waals surface area contributed by atoms with E-state index in [0.29, 0.717) is 29.5 Å². The third-order valence-corrected chi connectivity index (χ3v) is 8.53. The van der Waals surface area contributed by atoms with Gasteiger partial charge >= 0.3 is 0 Å². The monoisotopic (exact) mass is 484 g/mol. The third-order valence-electron chi connectivity index (χ3n) is 5.65. The Morgan fingerprint density at radius 2 is 1.55 bits per heavy atom. The lowest BCUT2D eigenvalue weighted by Crippen LogP contribution is -2.50. The molecule has 6 nitrogen and oxygen atoms in total. The summed E-state index contributed by atoms with van der Waals surface area (Å²) in [6.45, 7) is 7.71. The summed E-state index contributed by atoms with van der Waals surface area (Å²) >= 11 is 1.39. The van der Waals surface area contributed by atoms with Gasteiger partial charge in [-0.15, -0.1) is 11.3 Å². The van der Waals surface area contributed by atoms with Crippen LogP contribution >= 0.6 is 11.3 Å². The molecule has 174 valence electrons. The van der Waals surface area contributed by atoms with Crippen LogP contribution < -0.4 is 4.74 Å². The van der Waals surface area contributed by atoms with Gasteiger partial charge in [-0.2, -0.15) is 4.31 Å². The minimum atomic E-state index is -3.55. The maximum absolute atomic E-state index is 13.0. The number of rotatable bonds is 6. The Labute approximate surface area is 199 Å². The van der Waals surface area contributed by atoms with Crippen LogP contribution in [0.4, 0.5) is 0 Å². The van der Waals surface area contributed by atoms with Gasteiger partial charge in [0, 0.05) is 31.7 Å². The number of nitrogens with zero attached hydrogens (tertiary/aromatic N) is 2. The molecule has 0 spiro atoms.